The molecule has 0 aliphatic rings. The second kappa shape index (κ2) is 8.54. The van der Waals surface area contributed by atoms with Crippen molar-refractivity contribution in [2.75, 3.05) is 6.54 Å². The lowest BCUT2D eigenvalue weighted by Gasteiger charge is -2.12. The Morgan fingerprint density at radius 3 is 2.46 bits per heavy atom. The van der Waals surface area contributed by atoms with E-state index in [0.29, 0.717) is 10.6 Å². The Bertz CT molecular complexity index is 969. The average Bonchev–Trinajstić information content (AvgIpc) is 2.95. The van der Waals surface area contributed by atoms with E-state index in [-0.39, 0.29) is 24.7 Å². The normalized spacial score (nSPS) is 12.0. The second-order valence-corrected chi connectivity index (χ2v) is 7.02. The number of aromatic nitrogens is 2. The minimum absolute atomic E-state index is 0.0495. The van der Waals surface area contributed by atoms with Gasteiger partial charge in [-0.25, -0.2) is 9.07 Å². The summed E-state index contributed by atoms with van der Waals surface area (Å²) in [6.45, 7) is 3.81. The first-order valence-electron chi connectivity index (χ1n) is 8.86. The molecule has 2 N–H and O–H groups in total. The molecule has 28 heavy (non-hydrogen) atoms. The molecule has 0 saturated heterocycles. The van der Waals surface area contributed by atoms with E-state index in [1.807, 2.05) is 26.0 Å². The van der Waals surface area contributed by atoms with Crippen LogP contribution in [0.3, 0.4) is 0 Å². The third kappa shape index (κ3) is 4.58. The Morgan fingerprint density at radius 2 is 1.82 bits per heavy atom. The molecule has 0 radical (unpaired) electrons. The van der Waals surface area contributed by atoms with Crippen molar-refractivity contribution in [1.82, 2.24) is 15.1 Å². The summed E-state index contributed by atoms with van der Waals surface area (Å²) in [5.41, 5.74) is 3.88. The fraction of sp³-hybridized carbons (Fsp3) is 0.238. The van der Waals surface area contributed by atoms with Gasteiger partial charge in [0.2, 0.25) is 5.91 Å². The van der Waals surface area contributed by atoms with Crippen LogP contribution in [-0.2, 0) is 11.2 Å². The zero-order valence-corrected chi connectivity index (χ0v) is 16.4. The number of aryl methyl sites for hydroxylation is 1. The van der Waals surface area contributed by atoms with Gasteiger partial charge in [-0.1, -0.05) is 23.7 Å². The van der Waals surface area contributed by atoms with Gasteiger partial charge in [-0.3, -0.25) is 4.79 Å². The third-order valence-corrected chi connectivity index (χ3v) is 4.85. The zero-order valence-electron chi connectivity index (χ0n) is 15.6. The lowest BCUT2D eigenvalue weighted by Crippen LogP contribution is -2.30. The van der Waals surface area contributed by atoms with Gasteiger partial charge in [0.1, 0.15) is 5.82 Å². The van der Waals surface area contributed by atoms with Crippen LogP contribution >= 0.6 is 11.6 Å². The predicted molar refractivity (Wildman–Crippen MR) is 106 cm³/mol. The second-order valence-electron chi connectivity index (χ2n) is 6.59. The largest absolute Gasteiger partial charge is 0.387 e. The molecular weight excluding hydrogens is 381 g/mol. The van der Waals surface area contributed by atoms with E-state index in [1.54, 1.807) is 16.8 Å². The number of aliphatic hydroxyl groups excluding tert-OH is 1. The van der Waals surface area contributed by atoms with Crippen LogP contribution < -0.4 is 5.32 Å². The summed E-state index contributed by atoms with van der Waals surface area (Å²) in [5, 5.41) is 18.0. The van der Waals surface area contributed by atoms with Gasteiger partial charge in [0.25, 0.3) is 0 Å². The molecule has 0 saturated carbocycles. The summed E-state index contributed by atoms with van der Waals surface area (Å²) in [6, 6.07) is 12.9. The molecule has 3 rings (SSSR count). The molecule has 7 heteroatoms. The molecular formula is C21H21ClFN3O2. The Balaban J connectivity index is 1.65. The summed E-state index contributed by atoms with van der Waals surface area (Å²) < 4.78 is 14.7. The first-order valence-corrected chi connectivity index (χ1v) is 9.24. The molecule has 0 fully saturated rings. The van der Waals surface area contributed by atoms with E-state index in [9.17, 15) is 14.3 Å². The number of halogens is 2. The zero-order chi connectivity index (χ0) is 20.3. The average molecular weight is 402 g/mol. The lowest BCUT2D eigenvalue weighted by molar-refractivity contribution is -0.120. The van der Waals surface area contributed by atoms with Crippen molar-refractivity contribution in [2.45, 2.75) is 26.4 Å². The van der Waals surface area contributed by atoms with Gasteiger partial charge in [0, 0.05) is 22.8 Å². The van der Waals surface area contributed by atoms with E-state index in [4.69, 9.17) is 11.6 Å². The smallest absolute Gasteiger partial charge is 0.224 e. The van der Waals surface area contributed by atoms with E-state index < -0.39 is 6.10 Å². The summed E-state index contributed by atoms with van der Waals surface area (Å²) in [5.74, 6) is -0.591. The number of hydrogen-bond acceptors (Lipinski definition) is 3. The highest BCUT2D eigenvalue weighted by molar-refractivity contribution is 6.30. The first kappa shape index (κ1) is 20.0. The van der Waals surface area contributed by atoms with Crippen molar-refractivity contribution >= 4 is 17.5 Å². The van der Waals surface area contributed by atoms with Gasteiger partial charge in [-0.05, 0) is 55.8 Å². The minimum Gasteiger partial charge on any atom is -0.387 e. The fourth-order valence-electron chi connectivity index (χ4n) is 3.00. The predicted octanol–water partition coefficient (Wildman–Crippen LogP) is 3.67. The van der Waals surface area contributed by atoms with E-state index >= 15 is 0 Å². The van der Waals surface area contributed by atoms with Gasteiger partial charge in [-0.15, -0.1) is 0 Å². The van der Waals surface area contributed by atoms with Gasteiger partial charge in [0.15, 0.2) is 0 Å². The van der Waals surface area contributed by atoms with Gasteiger partial charge in [0.05, 0.1) is 23.9 Å². The quantitative estimate of drug-likeness (QED) is 0.662. The van der Waals surface area contributed by atoms with Crippen LogP contribution in [0.15, 0.2) is 48.5 Å². The van der Waals surface area contributed by atoms with Crippen LogP contribution in [0, 0.1) is 19.7 Å². The number of nitrogens with one attached hydrogen (secondary N) is 1. The molecule has 1 amide bonds. The van der Waals surface area contributed by atoms with Crippen LogP contribution in [-0.4, -0.2) is 27.3 Å². The number of amides is 1. The number of rotatable bonds is 6. The third-order valence-electron chi connectivity index (χ3n) is 4.60. The molecule has 0 aliphatic carbocycles. The van der Waals surface area contributed by atoms with Crippen molar-refractivity contribution < 1.29 is 14.3 Å². The first-order chi connectivity index (χ1) is 13.3. The van der Waals surface area contributed by atoms with Crippen LogP contribution in [0.5, 0.6) is 0 Å². The maximum atomic E-state index is 13.0. The molecule has 146 valence electrons. The lowest BCUT2D eigenvalue weighted by atomic mass is 10.1. The van der Waals surface area contributed by atoms with Crippen LogP contribution in [0.2, 0.25) is 5.02 Å². The Labute approximate surface area is 167 Å². The van der Waals surface area contributed by atoms with Crippen molar-refractivity contribution in [3.05, 3.63) is 81.9 Å². The van der Waals surface area contributed by atoms with Crippen LogP contribution in [0.4, 0.5) is 4.39 Å². The molecule has 1 unspecified atom stereocenters. The minimum atomic E-state index is -0.900. The van der Waals surface area contributed by atoms with Crippen LogP contribution in [0.1, 0.15) is 28.6 Å². The number of hydrogen-bond donors (Lipinski definition) is 2. The molecule has 0 aliphatic heterocycles. The number of benzene rings is 2. The Morgan fingerprint density at radius 1 is 1.18 bits per heavy atom. The molecule has 2 aromatic carbocycles. The maximum absolute atomic E-state index is 13.0. The molecule has 1 heterocycles. The molecule has 1 aromatic heterocycles. The van der Waals surface area contributed by atoms with E-state index in [1.165, 1.54) is 24.3 Å². The molecule has 1 atom stereocenters. The topological polar surface area (TPSA) is 67.2 Å². The van der Waals surface area contributed by atoms with Gasteiger partial charge < -0.3 is 10.4 Å². The van der Waals surface area contributed by atoms with Crippen molar-refractivity contribution in [3.63, 3.8) is 0 Å². The van der Waals surface area contributed by atoms with E-state index in [2.05, 4.69) is 10.4 Å². The van der Waals surface area contributed by atoms with Gasteiger partial charge in [-0.2, -0.15) is 5.10 Å². The Kier molecular flexibility index (Phi) is 6.11. The molecule has 3 aromatic rings. The standard InChI is InChI=1S/C21H21ClFN3O2/c1-13-19(14(2)26(25-13)18-9-5-16(22)6-10-18)11-21(28)24-12-20(27)15-3-7-17(23)8-4-15/h3-10,20,27H,11-12H2,1-2H3,(H,24,28). The SMILES string of the molecule is Cc1nn(-c2ccc(Cl)cc2)c(C)c1CC(=O)NCC(O)c1ccc(F)cc1. The summed E-state index contributed by atoms with van der Waals surface area (Å²) in [4.78, 5) is 12.4. The number of aliphatic hydroxyl groups is 1. The number of carbonyl (C=O) groups excluding carboxylic acids is 1. The highest BCUT2D eigenvalue weighted by atomic mass is 35.5. The summed E-state index contributed by atoms with van der Waals surface area (Å²) >= 11 is 5.93. The fourth-order valence-corrected chi connectivity index (χ4v) is 3.13. The monoisotopic (exact) mass is 401 g/mol. The number of carbonyl (C=O) groups is 1. The maximum Gasteiger partial charge on any atom is 0.224 e. The molecule has 0 bridgehead atoms. The van der Waals surface area contributed by atoms with Crippen LogP contribution in [0.25, 0.3) is 5.69 Å². The highest BCUT2D eigenvalue weighted by Gasteiger charge is 2.17. The number of nitrogens with zero attached hydrogens (tertiary/aromatic N) is 2. The summed E-state index contributed by atoms with van der Waals surface area (Å²) in [6.07, 6.45) is -0.745. The Hall–Kier alpha value is -2.70. The van der Waals surface area contributed by atoms with Crippen molar-refractivity contribution in [1.29, 1.82) is 0 Å². The summed E-state index contributed by atoms with van der Waals surface area (Å²) in [7, 11) is 0. The van der Waals surface area contributed by atoms with Crippen molar-refractivity contribution in [3.8, 4) is 5.69 Å². The molecule has 0 spiro atoms. The highest BCUT2D eigenvalue weighted by Crippen LogP contribution is 2.20. The van der Waals surface area contributed by atoms with Crippen molar-refractivity contribution in [2.24, 2.45) is 0 Å². The molecule has 5 nitrogen and oxygen atoms in total. The van der Waals surface area contributed by atoms with E-state index in [0.717, 1.165) is 22.6 Å². The van der Waals surface area contributed by atoms with Gasteiger partial charge >= 0.3 is 0 Å².